The van der Waals surface area contributed by atoms with Crippen LogP contribution in [0.15, 0.2) is 30.3 Å². The van der Waals surface area contributed by atoms with E-state index >= 15 is 0 Å². The molecule has 0 aliphatic rings. The van der Waals surface area contributed by atoms with Gasteiger partial charge in [-0.1, -0.05) is 18.2 Å². The van der Waals surface area contributed by atoms with Gasteiger partial charge in [-0.25, -0.2) is 0 Å². The van der Waals surface area contributed by atoms with E-state index in [1.807, 2.05) is 24.3 Å². The van der Waals surface area contributed by atoms with Gasteiger partial charge >= 0.3 is 0 Å². The van der Waals surface area contributed by atoms with Gasteiger partial charge in [-0.2, -0.15) is 0 Å². The number of benzene rings is 1. The van der Waals surface area contributed by atoms with Crippen LogP contribution in [-0.4, -0.2) is 26.7 Å². The molecule has 0 saturated heterocycles. The molecule has 0 spiro atoms. The molecule has 0 unspecified atom stereocenters. The van der Waals surface area contributed by atoms with Crippen LogP contribution < -0.4 is 10.5 Å². The predicted molar refractivity (Wildman–Crippen MR) is 66.7 cm³/mol. The minimum absolute atomic E-state index is 0.213. The van der Waals surface area contributed by atoms with Gasteiger partial charge in [0.15, 0.2) is 0 Å². The Morgan fingerprint density at radius 2 is 1.94 bits per heavy atom. The van der Waals surface area contributed by atoms with Crippen molar-refractivity contribution in [1.29, 1.82) is 0 Å². The average Bonchev–Trinajstić information content (AvgIpc) is 2.34. The molecule has 0 saturated carbocycles. The highest BCUT2D eigenvalue weighted by molar-refractivity contribution is 5.78. The number of hydrogen-bond donors (Lipinski definition) is 1. The summed E-state index contributed by atoms with van der Waals surface area (Å²) in [4.78, 5) is 10.8. The van der Waals surface area contributed by atoms with E-state index < -0.39 is 0 Å². The third-order valence-electron chi connectivity index (χ3n) is 2.31. The maximum atomic E-state index is 10.8. The Morgan fingerprint density at radius 3 is 2.41 bits per heavy atom. The number of nitrogens with two attached hydrogens (primary N) is 1. The third kappa shape index (κ3) is 4.28. The first-order valence-corrected chi connectivity index (χ1v) is 5.28. The van der Waals surface area contributed by atoms with Gasteiger partial charge < -0.3 is 15.2 Å². The molecule has 0 radical (unpaired) electrons. The lowest BCUT2D eigenvalue weighted by Gasteiger charge is -2.07. The van der Waals surface area contributed by atoms with Crippen molar-refractivity contribution in [2.24, 2.45) is 5.73 Å². The third-order valence-corrected chi connectivity index (χ3v) is 2.31. The number of amides is 1. The van der Waals surface area contributed by atoms with Crippen molar-refractivity contribution in [1.82, 2.24) is 0 Å². The lowest BCUT2D eigenvalue weighted by Crippen LogP contribution is -2.09. The van der Waals surface area contributed by atoms with Crippen molar-refractivity contribution in [2.45, 2.75) is 6.42 Å². The Labute approximate surface area is 101 Å². The summed E-state index contributed by atoms with van der Waals surface area (Å²) in [6.45, 7) is 0.444. The van der Waals surface area contributed by atoms with Crippen molar-refractivity contribution >= 4 is 11.5 Å². The molecule has 0 fully saturated rings. The van der Waals surface area contributed by atoms with Crippen LogP contribution in [0.2, 0.25) is 0 Å². The number of hydrogen-bond acceptors (Lipinski definition) is 3. The SMILES string of the molecule is COCC(=CCC(N)=O)c1ccc(OC)cc1. The number of methoxy groups -OCH3 is 2. The molecule has 2 N–H and O–H groups in total. The van der Waals surface area contributed by atoms with Crippen LogP contribution in [0.1, 0.15) is 12.0 Å². The summed E-state index contributed by atoms with van der Waals surface area (Å²) in [6, 6.07) is 7.57. The van der Waals surface area contributed by atoms with Crippen molar-refractivity contribution in [3.63, 3.8) is 0 Å². The summed E-state index contributed by atoms with van der Waals surface area (Å²) >= 11 is 0. The fourth-order valence-electron chi connectivity index (χ4n) is 1.44. The van der Waals surface area contributed by atoms with E-state index in [4.69, 9.17) is 15.2 Å². The van der Waals surface area contributed by atoms with Gasteiger partial charge in [0.1, 0.15) is 5.75 Å². The molecule has 0 atom stereocenters. The molecule has 17 heavy (non-hydrogen) atoms. The van der Waals surface area contributed by atoms with Gasteiger partial charge in [-0.3, -0.25) is 4.79 Å². The Hall–Kier alpha value is -1.81. The van der Waals surface area contributed by atoms with E-state index in [9.17, 15) is 4.79 Å². The normalized spacial score (nSPS) is 11.3. The Morgan fingerprint density at radius 1 is 1.29 bits per heavy atom. The molecular formula is C13H17NO3. The number of carbonyl (C=O) groups excluding carboxylic acids is 1. The summed E-state index contributed by atoms with van der Waals surface area (Å²) in [6.07, 6.45) is 2.00. The van der Waals surface area contributed by atoms with Crippen molar-refractivity contribution in [3.8, 4) is 5.75 Å². The summed E-state index contributed by atoms with van der Waals surface area (Å²) in [5.74, 6) is 0.438. The van der Waals surface area contributed by atoms with Crippen molar-refractivity contribution in [3.05, 3.63) is 35.9 Å². The van der Waals surface area contributed by atoms with Crippen LogP contribution >= 0.6 is 0 Å². The monoisotopic (exact) mass is 235 g/mol. The average molecular weight is 235 g/mol. The van der Waals surface area contributed by atoms with Gasteiger partial charge in [0.25, 0.3) is 0 Å². The number of rotatable bonds is 6. The van der Waals surface area contributed by atoms with Crippen LogP contribution in [0, 0.1) is 0 Å². The maximum Gasteiger partial charge on any atom is 0.221 e. The van der Waals surface area contributed by atoms with Crippen LogP contribution in [0.4, 0.5) is 0 Å². The molecule has 1 rings (SSSR count). The standard InChI is InChI=1S/C13H17NO3/c1-16-9-11(5-8-13(14)15)10-3-6-12(17-2)7-4-10/h3-7H,8-9H2,1-2H3,(H2,14,15). The molecule has 1 amide bonds. The van der Waals surface area contributed by atoms with Crippen molar-refractivity contribution in [2.75, 3.05) is 20.8 Å². The smallest absolute Gasteiger partial charge is 0.221 e. The minimum Gasteiger partial charge on any atom is -0.497 e. The Balaban J connectivity index is 2.88. The molecular weight excluding hydrogens is 218 g/mol. The highest BCUT2D eigenvalue weighted by Crippen LogP contribution is 2.19. The van der Waals surface area contributed by atoms with Gasteiger partial charge in [-0.15, -0.1) is 0 Å². The lowest BCUT2D eigenvalue weighted by atomic mass is 10.1. The highest BCUT2D eigenvalue weighted by atomic mass is 16.5. The fourth-order valence-corrected chi connectivity index (χ4v) is 1.44. The highest BCUT2D eigenvalue weighted by Gasteiger charge is 2.02. The summed E-state index contributed by atoms with van der Waals surface area (Å²) in [5.41, 5.74) is 7.05. The van der Waals surface area contributed by atoms with Crippen LogP contribution in [0.5, 0.6) is 5.75 Å². The van der Waals surface area contributed by atoms with Gasteiger partial charge in [0.2, 0.25) is 5.91 Å². The second-order valence-electron chi connectivity index (χ2n) is 3.56. The second kappa shape index (κ2) is 6.70. The molecule has 0 bridgehead atoms. The van der Waals surface area contributed by atoms with Crippen LogP contribution in [0.3, 0.4) is 0 Å². The first-order chi connectivity index (χ1) is 8.17. The molecule has 0 heterocycles. The molecule has 1 aromatic rings. The van der Waals surface area contributed by atoms with Crippen molar-refractivity contribution < 1.29 is 14.3 Å². The van der Waals surface area contributed by atoms with Gasteiger partial charge in [0, 0.05) is 13.5 Å². The molecule has 0 aliphatic heterocycles. The number of carbonyl (C=O) groups is 1. The number of ether oxygens (including phenoxy) is 2. The second-order valence-corrected chi connectivity index (χ2v) is 3.56. The number of primary amides is 1. The summed E-state index contributed by atoms with van der Waals surface area (Å²) < 4.78 is 10.2. The van der Waals surface area contributed by atoms with E-state index in [1.54, 1.807) is 20.3 Å². The molecule has 0 aliphatic carbocycles. The van der Waals surface area contributed by atoms with Crippen LogP contribution in [0.25, 0.3) is 5.57 Å². The van der Waals surface area contributed by atoms with E-state index in [2.05, 4.69) is 0 Å². The Bertz CT molecular complexity index is 396. The largest absolute Gasteiger partial charge is 0.497 e. The molecule has 92 valence electrons. The first kappa shape index (κ1) is 13.3. The zero-order chi connectivity index (χ0) is 12.7. The lowest BCUT2D eigenvalue weighted by molar-refractivity contribution is -0.117. The quantitative estimate of drug-likeness (QED) is 0.814. The molecule has 0 aromatic heterocycles. The van der Waals surface area contributed by atoms with Gasteiger partial charge in [-0.05, 0) is 23.3 Å². The first-order valence-electron chi connectivity index (χ1n) is 5.28. The van der Waals surface area contributed by atoms with E-state index in [-0.39, 0.29) is 12.3 Å². The summed E-state index contributed by atoms with van der Waals surface area (Å²) in [5, 5.41) is 0. The minimum atomic E-state index is -0.355. The predicted octanol–water partition coefficient (Wildman–Crippen LogP) is 1.60. The molecule has 4 heteroatoms. The Kier molecular flexibility index (Phi) is 5.23. The fraction of sp³-hybridized carbons (Fsp3) is 0.308. The molecule has 4 nitrogen and oxygen atoms in total. The van der Waals surface area contributed by atoms with E-state index in [0.29, 0.717) is 6.61 Å². The topological polar surface area (TPSA) is 61.5 Å². The maximum absolute atomic E-state index is 10.8. The zero-order valence-corrected chi connectivity index (χ0v) is 10.1. The van der Waals surface area contributed by atoms with E-state index in [0.717, 1.165) is 16.9 Å². The zero-order valence-electron chi connectivity index (χ0n) is 10.1. The van der Waals surface area contributed by atoms with Gasteiger partial charge in [0.05, 0.1) is 13.7 Å². The summed E-state index contributed by atoms with van der Waals surface area (Å²) in [7, 11) is 3.23. The van der Waals surface area contributed by atoms with E-state index in [1.165, 1.54) is 0 Å². The van der Waals surface area contributed by atoms with Crippen LogP contribution in [-0.2, 0) is 9.53 Å². The molecule has 1 aromatic carbocycles.